The molecule has 1 unspecified atom stereocenters. The lowest BCUT2D eigenvalue weighted by Crippen LogP contribution is -2.44. The second kappa shape index (κ2) is 6.33. The summed E-state index contributed by atoms with van der Waals surface area (Å²) in [6, 6.07) is 4.71. The number of rotatable bonds is 4. The van der Waals surface area contributed by atoms with Crippen LogP contribution in [-0.2, 0) is 11.2 Å². The van der Waals surface area contributed by atoms with Crippen LogP contribution in [0.5, 0.6) is 0 Å². The van der Waals surface area contributed by atoms with Crippen LogP contribution in [0.2, 0.25) is 0 Å². The van der Waals surface area contributed by atoms with E-state index in [0.29, 0.717) is 19.5 Å². The highest BCUT2D eigenvalue weighted by atomic mass is 19.1. The first-order valence-corrected chi connectivity index (χ1v) is 6.95. The van der Waals surface area contributed by atoms with E-state index in [2.05, 4.69) is 5.32 Å². The Balaban J connectivity index is 2.01. The molecule has 1 heterocycles. The third kappa shape index (κ3) is 3.35. The number of nitrogens with zero attached hydrogens (tertiary/aromatic N) is 1. The lowest BCUT2D eigenvalue weighted by Gasteiger charge is -2.35. The van der Waals surface area contributed by atoms with Gasteiger partial charge in [-0.1, -0.05) is 6.07 Å². The standard InChI is InChI=1S/C15H21FN2O2/c1-10(19)8-17-9-15(20)18-6-5-12-7-13(16)3-4-14(12)11(18)2/h3-4,7,10-11,17,19H,5-6,8-9H2,1-2H3/t10-,11?/m1/s1. The number of fused-ring (bicyclic) bond motifs is 1. The fraction of sp³-hybridized carbons (Fsp3) is 0.533. The maximum atomic E-state index is 13.2. The number of halogens is 1. The molecule has 2 rings (SSSR count). The molecule has 1 aromatic carbocycles. The number of hydrogen-bond acceptors (Lipinski definition) is 3. The molecule has 2 N–H and O–H groups in total. The van der Waals surface area contributed by atoms with E-state index in [1.165, 1.54) is 6.07 Å². The van der Waals surface area contributed by atoms with Gasteiger partial charge in [0.25, 0.3) is 0 Å². The fourth-order valence-electron chi connectivity index (χ4n) is 2.63. The molecule has 0 radical (unpaired) electrons. The van der Waals surface area contributed by atoms with E-state index < -0.39 is 6.10 Å². The molecule has 4 nitrogen and oxygen atoms in total. The molecule has 5 heteroatoms. The van der Waals surface area contributed by atoms with E-state index in [4.69, 9.17) is 5.11 Å². The van der Waals surface area contributed by atoms with Crippen molar-refractivity contribution >= 4 is 5.91 Å². The Morgan fingerprint density at radius 3 is 3.05 bits per heavy atom. The first-order valence-electron chi connectivity index (χ1n) is 6.95. The Labute approximate surface area is 118 Å². The summed E-state index contributed by atoms with van der Waals surface area (Å²) in [7, 11) is 0. The van der Waals surface area contributed by atoms with Crippen molar-refractivity contribution in [2.75, 3.05) is 19.6 Å². The minimum atomic E-state index is -0.467. The molecule has 2 atom stereocenters. The van der Waals surface area contributed by atoms with Crippen LogP contribution in [0, 0.1) is 5.82 Å². The molecule has 0 bridgehead atoms. The first-order chi connectivity index (χ1) is 9.49. The molecule has 110 valence electrons. The Morgan fingerprint density at radius 2 is 2.35 bits per heavy atom. The largest absolute Gasteiger partial charge is 0.392 e. The zero-order valence-electron chi connectivity index (χ0n) is 11.9. The van der Waals surface area contributed by atoms with Crippen molar-refractivity contribution < 1.29 is 14.3 Å². The fourth-order valence-corrected chi connectivity index (χ4v) is 2.63. The number of carbonyl (C=O) groups is 1. The average molecular weight is 280 g/mol. The highest BCUT2D eigenvalue weighted by Crippen LogP contribution is 2.29. The van der Waals surface area contributed by atoms with Gasteiger partial charge in [0.05, 0.1) is 18.7 Å². The predicted molar refractivity (Wildman–Crippen MR) is 74.8 cm³/mol. The summed E-state index contributed by atoms with van der Waals surface area (Å²) in [6.45, 7) is 4.85. The Bertz CT molecular complexity index is 491. The van der Waals surface area contributed by atoms with Crippen molar-refractivity contribution in [2.45, 2.75) is 32.4 Å². The molecule has 1 aliphatic rings. The third-order valence-corrected chi connectivity index (χ3v) is 3.68. The summed E-state index contributed by atoms with van der Waals surface area (Å²) in [4.78, 5) is 14.0. The number of nitrogens with one attached hydrogen (secondary N) is 1. The SMILES string of the molecule is CC1c2ccc(F)cc2CCN1C(=O)CNC[C@@H](C)O. The van der Waals surface area contributed by atoms with E-state index in [0.717, 1.165) is 11.1 Å². The maximum Gasteiger partial charge on any atom is 0.237 e. The zero-order chi connectivity index (χ0) is 14.7. The van der Waals surface area contributed by atoms with Crippen molar-refractivity contribution in [3.05, 3.63) is 35.1 Å². The van der Waals surface area contributed by atoms with Gasteiger partial charge in [0.1, 0.15) is 5.82 Å². The second-order valence-corrected chi connectivity index (χ2v) is 5.34. The summed E-state index contributed by atoms with van der Waals surface area (Å²) in [5.74, 6) is -0.220. The Kier molecular flexibility index (Phi) is 4.73. The van der Waals surface area contributed by atoms with Crippen LogP contribution in [0.4, 0.5) is 4.39 Å². The summed E-state index contributed by atoms with van der Waals surface area (Å²) in [5.41, 5.74) is 2.00. The number of aliphatic hydroxyl groups excluding tert-OH is 1. The van der Waals surface area contributed by atoms with Crippen LogP contribution in [0.25, 0.3) is 0 Å². The highest BCUT2D eigenvalue weighted by Gasteiger charge is 2.27. The van der Waals surface area contributed by atoms with Gasteiger partial charge in [-0.3, -0.25) is 4.79 Å². The molecule has 0 saturated heterocycles. The van der Waals surface area contributed by atoms with Gasteiger partial charge in [0.2, 0.25) is 5.91 Å². The summed E-state index contributed by atoms with van der Waals surface area (Å²) < 4.78 is 13.2. The normalized spacial score (nSPS) is 19.6. The van der Waals surface area contributed by atoms with Crippen LogP contribution in [0.15, 0.2) is 18.2 Å². The molecule has 1 aromatic rings. The van der Waals surface area contributed by atoms with Gasteiger partial charge < -0.3 is 15.3 Å². The molecule has 1 amide bonds. The summed E-state index contributed by atoms with van der Waals surface area (Å²) >= 11 is 0. The topological polar surface area (TPSA) is 52.6 Å². The maximum absolute atomic E-state index is 13.2. The Morgan fingerprint density at radius 1 is 1.60 bits per heavy atom. The van der Waals surface area contributed by atoms with Crippen molar-refractivity contribution in [2.24, 2.45) is 0 Å². The van der Waals surface area contributed by atoms with Crippen LogP contribution < -0.4 is 5.32 Å². The molecule has 0 fully saturated rings. The van der Waals surface area contributed by atoms with Crippen LogP contribution in [0.3, 0.4) is 0 Å². The summed E-state index contributed by atoms with van der Waals surface area (Å²) in [6.07, 6.45) is 0.213. The van der Waals surface area contributed by atoms with Crippen molar-refractivity contribution in [1.82, 2.24) is 10.2 Å². The van der Waals surface area contributed by atoms with E-state index in [1.54, 1.807) is 24.0 Å². The highest BCUT2D eigenvalue weighted by molar-refractivity contribution is 5.79. The van der Waals surface area contributed by atoms with Crippen molar-refractivity contribution in [1.29, 1.82) is 0 Å². The van der Waals surface area contributed by atoms with Crippen molar-refractivity contribution in [3.63, 3.8) is 0 Å². The number of amides is 1. The van der Waals surface area contributed by atoms with Crippen LogP contribution in [-0.4, -0.2) is 41.7 Å². The molecule has 0 saturated carbocycles. The molecule has 20 heavy (non-hydrogen) atoms. The van der Waals surface area contributed by atoms with E-state index in [1.807, 2.05) is 6.92 Å². The molecule has 0 spiro atoms. The van der Waals surface area contributed by atoms with Gasteiger partial charge in [-0.25, -0.2) is 4.39 Å². The quantitative estimate of drug-likeness (QED) is 0.872. The van der Waals surface area contributed by atoms with Gasteiger partial charge in [-0.2, -0.15) is 0 Å². The minimum absolute atomic E-state index is 0.00752. The molecule has 1 aliphatic heterocycles. The van der Waals surface area contributed by atoms with Crippen LogP contribution in [0.1, 0.15) is 31.0 Å². The number of benzene rings is 1. The predicted octanol–water partition coefficient (Wildman–Crippen LogP) is 1.24. The van der Waals surface area contributed by atoms with E-state index in [9.17, 15) is 9.18 Å². The van der Waals surface area contributed by atoms with Gasteiger partial charge in [0.15, 0.2) is 0 Å². The number of aliphatic hydroxyl groups is 1. The number of carbonyl (C=O) groups excluding carboxylic acids is 1. The lowest BCUT2D eigenvalue weighted by atomic mass is 9.93. The monoisotopic (exact) mass is 280 g/mol. The second-order valence-electron chi connectivity index (χ2n) is 5.34. The van der Waals surface area contributed by atoms with Crippen molar-refractivity contribution in [3.8, 4) is 0 Å². The smallest absolute Gasteiger partial charge is 0.237 e. The van der Waals surface area contributed by atoms with Gasteiger partial charge in [-0.05, 0) is 43.5 Å². The van der Waals surface area contributed by atoms with Crippen LogP contribution >= 0.6 is 0 Å². The lowest BCUT2D eigenvalue weighted by molar-refractivity contribution is -0.132. The Hall–Kier alpha value is -1.46. The third-order valence-electron chi connectivity index (χ3n) is 3.68. The van der Waals surface area contributed by atoms with Gasteiger partial charge in [-0.15, -0.1) is 0 Å². The minimum Gasteiger partial charge on any atom is -0.392 e. The molecular formula is C15H21FN2O2. The van der Waals surface area contributed by atoms with E-state index >= 15 is 0 Å². The average Bonchev–Trinajstić information content (AvgIpc) is 2.38. The summed E-state index contributed by atoms with van der Waals surface area (Å²) in [5, 5.41) is 12.1. The molecule has 0 aliphatic carbocycles. The first kappa shape index (κ1) is 14.9. The molecule has 0 aromatic heterocycles. The van der Waals surface area contributed by atoms with E-state index in [-0.39, 0.29) is 24.3 Å². The van der Waals surface area contributed by atoms with Gasteiger partial charge in [0, 0.05) is 13.1 Å². The zero-order valence-corrected chi connectivity index (χ0v) is 11.9. The molecular weight excluding hydrogens is 259 g/mol. The van der Waals surface area contributed by atoms with Gasteiger partial charge >= 0.3 is 0 Å². The number of hydrogen-bond donors (Lipinski definition) is 2.